The van der Waals surface area contributed by atoms with Crippen molar-refractivity contribution in [1.29, 1.82) is 0 Å². The van der Waals surface area contributed by atoms with Gasteiger partial charge < -0.3 is 19.7 Å². The normalized spacial score (nSPS) is 11.8. The minimum absolute atomic E-state index is 0.0433. The molecule has 4 nitrogen and oxygen atoms in total. The van der Waals surface area contributed by atoms with E-state index in [1.165, 1.54) is 5.57 Å². The maximum Gasteiger partial charge on any atom is 0.107 e. The molecule has 0 amide bonds. The lowest BCUT2D eigenvalue weighted by molar-refractivity contribution is 0.107. The van der Waals surface area contributed by atoms with Crippen LogP contribution in [0.2, 0.25) is 0 Å². The van der Waals surface area contributed by atoms with Gasteiger partial charge >= 0.3 is 0 Å². The molecule has 0 radical (unpaired) electrons. The quantitative estimate of drug-likeness (QED) is 0.312. The molecule has 0 bridgehead atoms. The zero-order chi connectivity index (χ0) is 16.9. The first-order valence-corrected chi connectivity index (χ1v) is 7.13. The van der Waals surface area contributed by atoms with Crippen LogP contribution in [0.25, 0.3) is 0 Å². The van der Waals surface area contributed by atoms with E-state index in [0.29, 0.717) is 26.4 Å². The molecule has 0 aromatic rings. The van der Waals surface area contributed by atoms with E-state index < -0.39 is 0 Å². The van der Waals surface area contributed by atoms with Gasteiger partial charge in [-0.05, 0) is 18.4 Å². The largest absolute Gasteiger partial charge is 0.394 e. The Kier molecular flexibility index (Phi) is 22.3. The minimum atomic E-state index is 0.0433. The molecule has 0 aromatic carbocycles. The van der Waals surface area contributed by atoms with Crippen LogP contribution in [0, 0.1) is 12.3 Å². The van der Waals surface area contributed by atoms with Crippen molar-refractivity contribution in [3.05, 3.63) is 49.1 Å². The van der Waals surface area contributed by atoms with Gasteiger partial charge in [0, 0.05) is 0 Å². The second-order valence-electron chi connectivity index (χ2n) is 4.00. The van der Waals surface area contributed by atoms with Gasteiger partial charge in [-0.15, -0.1) is 6.42 Å². The zero-order valence-electron chi connectivity index (χ0n) is 13.2. The maximum atomic E-state index is 8.44. The van der Waals surface area contributed by atoms with E-state index in [-0.39, 0.29) is 13.2 Å². The predicted molar refractivity (Wildman–Crippen MR) is 91.5 cm³/mol. The summed E-state index contributed by atoms with van der Waals surface area (Å²) in [5, 5.41) is 16.5. The second kappa shape index (κ2) is 21.7. The highest BCUT2D eigenvalue weighted by atomic mass is 16.5. The lowest BCUT2D eigenvalue weighted by Crippen LogP contribution is -2.03. The fourth-order valence-corrected chi connectivity index (χ4v) is 1.23. The Labute approximate surface area is 134 Å². The van der Waals surface area contributed by atoms with Gasteiger partial charge in [-0.25, -0.2) is 0 Å². The first kappa shape index (κ1) is 22.6. The Morgan fingerprint density at radius 2 is 1.77 bits per heavy atom. The van der Waals surface area contributed by atoms with Crippen LogP contribution < -0.4 is 0 Å². The molecule has 0 aromatic heterocycles. The van der Waals surface area contributed by atoms with E-state index in [2.05, 4.69) is 42.0 Å². The topological polar surface area (TPSA) is 58.9 Å². The summed E-state index contributed by atoms with van der Waals surface area (Å²) in [5.41, 5.74) is 1.32. The molecular weight excluding hydrogens is 280 g/mol. The fourth-order valence-electron chi connectivity index (χ4n) is 1.23. The Balaban J connectivity index is 0. The minimum Gasteiger partial charge on any atom is -0.394 e. The Hall–Kier alpha value is -1.64. The van der Waals surface area contributed by atoms with Gasteiger partial charge in [0.05, 0.1) is 33.0 Å². The molecule has 0 unspecified atom stereocenters. The smallest absolute Gasteiger partial charge is 0.107 e. The van der Waals surface area contributed by atoms with Gasteiger partial charge in [0.2, 0.25) is 0 Å². The highest BCUT2D eigenvalue weighted by Gasteiger charge is 1.97. The summed E-state index contributed by atoms with van der Waals surface area (Å²) in [4.78, 5) is 0. The van der Waals surface area contributed by atoms with Gasteiger partial charge in [-0.3, -0.25) is 0 Å². The molecular formula is C18H28O4. The Morgan fingerprint density at radius 1 is 1.14 bits per heavy atom. The average Bonchev–Trinajstić information content (AvgIpc) is 2.57. The van der Waals surface area contributed by atoms with Crippen molar-refractivity contribution in [2.75, 3.05) is 39.6 Å². The van der Waals surface area contributed by atoms with Crippen molar-refractivity contribution in [2.24, 2.45) is 0 Å². The van der Waals surface area contributed by atoms with Gasteiger partial charge in [-0.2, -0.15) is 0 Å². The van der Waals surface area contributed by atoms with E-state index in [1.54, 1.807) is 12.2 Å². The summed E-state index contributed by atoms with van der Waals surface area (Å²) in [6.45, 7) is 8.63. The number of aliphatic hydroxyl groups is 2. The maximum absolute atomic E-state index is 8.44. The van der Waals surface area contributed by atoms with Gasteiger partial charge in [0.25, 0.3) is 0 Å². The van der Waals surface area contributed by atoms with E-state index >= 15 is 0 Å². The molecule has 1 rings (SSSR count). The summed E-state index contributed by atoms with van der Waals surface area (Å²) < 4.78 is 9.82. The molecule has 4 heteroatoms. The number of allylic oxidation sites excluding steroid dienone is 5. The molecule has 0 fully saturated rings. The predicted octanol–water partition coefficient (Wildman–Crippen LogP) is 2.26. The third kappa shape index (κ3) is 20.7. The number of terminal acetylenes is 1. The van der Waals surface area contributed by atoms with Crippen LogP contribution in [-0.2, 0) is 9.47 Å². The summed E-state index contributed by atoms with van der Waals surface area (Å²) in [7, 11) is 0. The van der Waals surface area contributed by atoms with E-state index in [0.717, 1.165) is 12.8 Å². The molecule has 0 saturated carbocycles. The van der Waals surface area contributed by atoms with Crippen molar-refractivity contribution in [2.45, 2.75) is 12.8 Å². The lowest BCUT2D eigenvalue weighted by atomic mass is 10.1. The van der Waals surface area contributed by atoms with Gasteiger partial charge in [0.1, 0.15) is 6.61 Å². The molecule has 0 aliphatic heterocycles. The second-order valence-corrected chi connectivity index (χ2v) is 4.00. The van der Waals surface area contributed by atoms with Crippen molar-refractivity contribution in [1.82, 2.24) is 0 Å². The molecule has 124 valence electrons. The summed E-state index contributed by atoms with van der Waals surface area (Å²) in [6, 6.07) is 0. The van der Waals surface area contributed by atoms with Crippen LogP contribution in [-0.4, -0.2) is 49.9 Å². The Bertz CT molecular complexity index is 345. The summed E-state index contributed by atoms with van der Waals surface area (Å²) in [6.07, 6.45) is 16.6. The van der Waals surface area contributed by atoms with Gasteiger partial charge in [0.15, 0.2) is 0 Å². The third-order valence-electron chi connectivity index (χ3n) is 2.20. The van der Waals surface area contributed by atoms with Crippen LogP contribution >= 0.6 is 0 Å². The molecule has 22 heavy (non-hydrogen) atoms. The number of aliphatic hydroxyl groups excluding tert-OH is 2. The Morgan fingerprint density at radius 3 is 2.23 bits per heavy atom. The molecule has 0 heterocycles. The summed E-state index contributed by atoms with van der Waals surface area (Å²) in [5.74, 6) is 2.27. The molecule has 0 spiro atoms. The molecule has 0 atom stereocenters. The van der Waals surface area contributed by atoms with Crippen LogP contribution in [0.5, 0.6) is 0 Å². The molecule has 1 aliphatic carbocycles. The van der Waals surface area contributed by atoms with Crippen molar-refractivity contribution >= 4 is 0 Å². The first-order valence-electron chi connectivity index (χ1n) is 7.13. The highest BCUT2D eigenvalue weighted by Crippen LogP contribution is 2.10. The zero-order valence-corrected chi connectivity index (χ0v) is 13.2. The van der Waals surface area contributed by atoms with Crippen LogP contribution in [0.1, 0.15) is 12.8 Å². The summed E-state index contributed by atoms with van der Waals surface area (Å²) >= 11 is 0. The average molecular weight is 308 g/mol. The molecule has 0 saturated heterocycles. The molecule has 2 N–H and O–H groups in total. The van der Waals surface area contributed by atoms with Crippen molar-refractivity contribution in [3.8, 4) is 12.3 Å². The van der Waals surface area contributed by atoms with Crippen LogP contribution in [0.3, 0.4) is 0 Å². The van der Waals surface area contributed by atoms with E-state index in [1.807, 2.05) is 0 Å². The fraction of sp³-hybridized carbons (Fsp3) is 0.444. The first-order chi connectivity index (χ1) is 10.8. The van der Waals surface area contributed by atoms with E-state index in [9.17, 15) is 0 Å². The number of ether oxygens (including phenoxy) is 2. The monoisotopic (exact) mass is 308 g/mol. The SMILES string of the molecule is C#CCOCCO.C=CC=C.OCCOCC1=CCC=CC1. The van der Waals surface area contributed by atoms with Crippen LogP contribution in [0.15, 0.2) is 49.1 Å². The van der Waals surface area contributed by atoms with Crippen molar-refractivity contribution < 1.29 is 19.7 Å². The van der Waals surface area contributed by atoms with E-state index in [4.69, 9.17) is 21.4 Å². The third-order valence-corrected chi connectivity index (χ3v) is 2.20. The highest BCUT2D eigenvalue weighted by molar-refractivity contribution is 5.14. The number of hydrogen-bond acceptors (Lipinski definition) is 4. The van der Waals surface area contributed by atoms with Gasteiger partial charge in [-0.1, -0.05) is 49.5 Å². The standard InChI is InChI=1S/C9H14O2.C5H8O2.C4H6/c10-6-7-11-8-9-4-2-1-3-5-9;1-2-4-7-5-3-6;1-3-4-2/h1-2,5,10H,3-4,6-8H2;1,6H,3-5H2;3-4H,1-2H2. The molecule has 1 aliphatic rings. The lowest BCUT2D eigenvalue weighted by Gasteiger charge is -2.07. The number of rotatable bonds is 8. The number of hydrogen-bond donors (Lipinski definition) is 2. The van der Waals surface area contributed by atoms with Crippen LogP contribution in [0.4, 0.5) is 0 Å². The van der Waals surface area contributed by atoms with Crippen molar-refractivity contribution in [3.63, 3.8) is 0 Å².